The highest BCUT2D eigenvalue weighted by atomic mass is 16.5. The molecule has 35 heavy (non-hydrogen) atoms. The van der Waals surface area contributed by atoms with E-state index in [1.807, 2.05) is 30.3 Å². The maximum Gasteiger partial charge on any atom is 0.305 e. The number of carbonyl (C=O) groups is 4. The zero-order chi connectivity index (χ0) is 25.5. The molecule has 9 heteroatoms. The van der Waals surface area contributed by atoms with Gasteiger partial charge in [0, 0.05) is 37.9 Å². The van der Waals surface area contributed by atoms with Crippen LogP contribution in [0.3, 0.4) is 0 Å². The average molecular weight is 484 g/mol. The summed E-state index contributed by atoms with van der Waals surface area (Å²) in [6, 6.07) is 15.4. The Hall–Kier alpha value is -3.88. The number of ether oxygens (including phenoxy) is 2. The molecule has 3 amide bonds. The summed E-state index contributed by atoms with van der Waals surface area (Å²) < 4.78 is 9.67. The van der Waals surface area contributed by atoms with E-state index in [2.05, 4.69) is 20.7 Å². The molecule has 0 saturated heterocycles. The van der Waals surface area contributed by atoms with Crippen LogP contribution in [0.15, 0.2) is 54.6 Å². The van der Waals surface area contributed by atoms with Gasteiger partial charge in [-0.25, -0.2) is 0 Å². The van der Waals surface area contributed by atoms with E-state index in [-0.39, 0.29) is 36.5 Å². The van der Waals surface area contributed by atoms with Crippen LogP contribution >= 0.6 is 0 Å². The zero-order valence-electron chi connectivity index (χ0n) is 20.2. The van der Waals surface area contributed by atoms with Crippen molar-refractivity contribution >= 4 is 23.7 Å². The van der Waals surface area contributed by atoms with Gasteiger partial charge in [-0.15, -0.1) is 0 Å². The maximum atomic E-state index is 12.7. The van der Waals surface area contributed by atoms with Crippen molar-refractivity contribution in [1.29, 1.82) is 0 Å². The van der Waals surface area contributed by atoms with Gasteiger partial charge in [-0.05, 0) is 42.7 Å². The molecule has 2 aromatic rings. The first-order chi connectivity index (χ1) is 16.9. The van der Waals surface area contributed by atoms with E-state index >= 15 is 0 Å². The molecular weight excluding hydrogens is 450 g/mol. The molecule has 2 aromatic carbocycles. The molecule has 0 fully saturated rings. The number of hydrogen-bond donors (Lipinski definition) is 3. The van der Waals surface area contributed by atoms with Crippen LogP contribution in [0.2, 0.25) is 0 Å². The monoisotopic (exact) mass is 483 g/mol. The predicted molar refractivity (Wildman–Crippen MR) is 131 cm³/mol. The highest BCUT2D eigenvalue weighted by Crippen LogP contribution is 2.11. The fraction of sp³-hybridized carbons (Fsp3) is 0.385. The quantitative estimate of drug-likeness (QED) is 0.279. The average Bonchev–Trinajstić information content (AvgIpc) is 2.88. The SMILES string of the molecule is COC(=O)CCCNC(=O)[C@H](Cc1ccccc1)NC(=O)CCCNC(=O)c1ccc(OC)cc1. The lowest BCUT2D eigenvalue weighted by Gasteiger charge is -2.19. The Labute approximate surface area is 205 Å². The first-order valence-corrected chi connectivity index (χ1v) is 11.5. The van der Waals surface area contributed by atoms with E-state index in [1.54, 1.807) is 31.4 Å². The molecule has 0 saturated carbocycles. The van der Waals surface area contributed by atoms with Gasteiger partial charge >= 0.3 is 5.97 Å². The van der Waals surface area contributed by atoms with Crippen LogP contribution in [0.4, 0.5) is 0 Å². The largest absolute Gasteiger partial charge is 0.497 e. The Morgan fingerprint density at radius 2 is 1.49 bits per heavy atom. The van der Waals surface area contributed by atoms with E-state index in [0.717, 1.165) is 5.56 Å². The van der Waals surface area contributed by atoms with Crippen LogP contribution in [-0.2, 0) is 25.5 Å². The van der Waals surface area contributed by atoms with Gasteiger partial charge in [-0.2, -0.15) is 0 Å². The third-order valence-electron chi connectivity index (χ3n) is 5.24. The van der Waals surface area contributed by atoms with Gasteiger partial charge in [0.15, 0.2) is 0 Å². The summed E-state index contributed by atoms with van der Waals surface area (Å²) >= 11 is 0. The van der Waals surface area contributed by atoms with Crippen molar-refractivity contribution in [1.82, 2.24) is 16.0 Å². The normalized spacial score (nSPS) is 11.1. The van der Waals surface area contributed by atoms with Gasteiger partial charge in [-0.3, -0.25) is 19.2 Å². The lowest BCUT2D eigenvalue weighted by atomic mass is 10.0. The van der Waals surface area contributed by atoms with Crippen molar-refractivity contribution in [2.45, 2.75) is 38.1 Å². The molecule has 0 heterocycles. The maximum absolute atomic E-state index is 12.7. The molecular formula is C26H33N3O6. The minimum absolute atomic E-state index is 0.157. The zero-order valence-corrected chi connectivity index (χ0v) is 20.2. The van der Waals surface area contributed by atoms with Gasteiger partial charge in [0.05, 0.1) is 14.2 Å². The Balaban J connectivity index is 1.81. The van der Waals surface area contributed by atoms with Crippen molar-refractivity contribution < 1.29 is 28.7 Å². The van der Waals surface area contributed by atoms with Gasteiger partial charge < -0.3 is 25.4 Å². The molecule has 2 rings (SSSR count). The summed E-state index contributed by atoms with van der Waals surface area (Å²) in [6.45, 7) is 0.619. The second kappa shape index (κ2) is 15.1. The molecule has 9 nitrogen and oxygen atoms in total. The standard InChI is InChI=1S/C26H33N3O6/c1-34-21-14-12-20(13-15-21)25(32)27-16-6-10-23(30)29-22(18-19-8-4-3-5-9-19)26(33)28-17-7-11-24(31)35-2/h3-5,8-9,12-15,22H,6-7,10-11,16-18H2,1-2H3,(H,27,32)(H,28,33)(H,29,30)/t22-/m0/s1. The van der Waals surface area contributed by atoms with Crippen molar-refractivity contribution in [3.63, 3.8) is 0 Å². The van der Waals surface area contributed by atoms with Crippen molar-refractivity contribution in [2.75, 3.05) is 27.3 Å². The molecule has 0 unspecified atom stereocenters. The summed E-state index contributed by atoms with van der Waals surface area (Å²) in [5.74, 6) is -0.515. The number of amides is 3. The van der Waals surface area contributed by atoms with Gasteiger partial charge in [0.1, 0.15) is 11.8 Å². The van der Waals surface area contributed by atoms with Gasteiger partial charge in [0.25, 0.3) is 5.91 Å². The number of carbonyl (C=O) groups excluding carboxylic acids is 4. The number of nitrogens with one attached hydrogen (secondary N) is 3. The fourth-order valence-corrected chi connectivity index (χ4v) is 3.29. The Morgan fingerprint density at radius 1 is 0.829 bits per heavy atom. The molecule has 0 spiro atoms. The van der Waals surface area contributed by atoms with Crippen molar-refractivity contribution in [2.24, 2.45) is 0 Å². The second-order valence-electron chi connectivity index (χ2n) is 7.87. The first-order valence-electron chi connectivity index (χ1n) is 11.5. The molecule has 0 bridgehead atoms. The highest BCUT2D eigenvalue weighted by Gasteiger charge is 2.21. The highest BCUT2D eigenvalue weighted by molar-refractivity contribution is 5.94. The molecule has 0 aliphatic rings. The van der Waals surface area contributed by atoms with Crippen LogP contribution in [0.1, 0.15) is 41.6 Å². The van der Waals surface area contributed by atoms with E-state index < -0.39 is 6.04 Å². The Bertz CT molecular complexity index is 963. The van der Waals surface area contributed by atoms with Crippen LogP contribution < -0.4 is 20.7 Å². The lowest BCUT2D eigenvalue weighted by Crippen LogP contribution is -2.48. The number of hydrogen-bond acceptors (Lipinski definition) is 6. The number of methoxy groups -OCH3 is 2. The molecule has 3 N–H and O–H groups in total. The summed E-state index contributed by atoms with van der Waals surface area (Å²) in [6.07, 6.45) is 1.56. The molecule has 0 aromatic heterocycles. The molecule has 1 atom stereocenters. The summed E-state index contributed by atoms with van der Waals surface area (Å²) in [7, 11) is 2.87. The summed E-state index contributed by atoms with van der Waals surface area (Å²) in [5.41, 5.74) is 1.41. The first kappa shape index (κ1) is 27.4. The smallest absolute Gasteiger partial charge is 0.305 e. The molecule has 0 radical (unpaired) electrons. The Morgan fingerprint density at radius 3 is 2.14 bits per heavy atom. The Kier molecular flexibility index (Phi) is 11.8. The minimum atomic E-state index is -0.753. The van der Waals surface area contributed by atoms with Gasteiger partial charge in [0.2, 0.25) is 11.8 Å². The molecule has 0 aliphatic carbocycles. The third-order valence-corrected chi connectivity index (χ3v) is 5.24. The van der Waals surface area contributed by atoms with Crippen LogP contribution in [0, 0.1) is 0 Å². The lowest BCUT2D eigenvalue weighted by molar-refractivity contribution is -0.140. The number of rotatable bonds is 14. The predicted octanol–water partition coefficient (Wildman–Crippen LogP) is 2.00. The van der Waals surface area contributed by atoms with Gasteiger partial charge in [-0.1, -0.05) is 30.3 Å². The number of esters is 1. The van der Waals surface area contributed by atoms with Crippen LogP contribution in [0.25, 0.3) is 0 Å². The van der Waals surface area contributed by atoms with E-state index in [0.29, 0.717) is 43.7 Å². The summed E-state index contributed by atoms with van der Waals surface area (Å²) in [4.78, 5) is 48.7. The van der Waals surface area contributed by atoms with Crippen molar-refractivity contribution in [3.05, 3.63) is 65.7 Å². The third kappa shape index (κ3) is 10.3. The van der Waals surface area contributed by atoms with Crippen LogP contribution in [-0.4, -0.2) is 57.0 Å². The minimum Gasteiger partial charge on any atom is -0.497 e. The van der Waals surface area contributed by atoms with Crippen molar-refractivity contribution in [3.8, 4) is 5.75 Å². The summed E-state index contributed by atoms with van der Waals surface area (Å²) in [5, 5.41) is 8.34. The topological polar surface area (TPSA) is 123 Å². The molecule has 0 aliphatic heterocycles. The van der Waals surface area contributed by atoms with E-state index in [1.165, 1.54) is 7.11 Å². The fourth-order valence-electron chi connectivity index (χ4n) is 3.29. The second-order valence-corrected chi connectivity index (χ2v) is 7.87. The van der Waals surface area contributed by atoms with E-state index in [9.17, 15) is 19.2 Å². The number of benzene rings is 2. The molecule has 188 valence electrons. The van der Waals surface area contributed by atoms with Crippen LogP contribution in [0.5, 0.6) is 5.75 Å². The van der Waals surface area contributed by atoms with E-state index in [4.69, 9.17) is 4.74 Å².